The fraction of sp³-hybridized carbons (Fsp3) is 0.429. The second-order valence-corrected chi connectivity index (χ2v) is 4.54. The van der Waals surface area contributed by atoms with Crippen molar-refractivity contribution >= 4 is 17.5 Å². The molecule has 0 aliphatic carbocycles. The molecule has 1 heterocycles. The number of piperidine rings is 1. The third-order valence-electron chi connectivity index (χ3n) is 3.12. The highest BCUT2D eigenvalue weighted by molar-refractivity contribution is 6.16. The molecule has 0 radical (unpaired) electrons. The smallest absolute Gasteiger partial charge is 0.233 e. The topological polar surface area (TPSA) is 63.4 Å². The van der Waals surface area contributed by atoms with Gasteiger partial charge in [0.05, 0.1) is 5.69 Å². The van der Waals surface area contributed by atoms with Crippen molar-refractivity contribution in [2.75, 3.05) is 11.4 Å². The second-order valence-electron chi connectivity index (χ2n) is 4.54. The monoisotopic (exact) mass is 246 g/mol. The molecule has 18 heavy (non-hydrogen) atoms. The van der Waals surface area contributed by atoms with Gasteiger partial charge in [0.2, 0.25) is 11.8 Å². The number of nitrogens with zero attached hydrogens (tertiary/aromatic N) is 1. The van der Waals surface area contributed by atoms with Gasteiger partial charge in [-0.1, -0.05) is 12.1 Å². The zero-order valence-electron chi connectivity index (χ0n) is 10.4. The van der Waals surface area contributed by atoms with E-state index in [9.17, 15) is 9.59 Å². The van der Waals surface area contributed by atoms with Crippen molar-refractivity contribution in [2.45, 2.75) is 32.1 Å². The molecule has 1 saturated heterocycles. The molecule has 1 aromatic carbocycles. The third-order valence-corrected chi connectivity index (χ3v) is 3.12. The normalized spacial score (nSPS) is 16.2. The van der Waals surface area contributed by atoms with Crippen LogP contribution in [0.2, 0.25) is 0 Å². The van der Waals surface area contributed by atoms with E-state index in [0.29, 0.717) is 31.5 Å². The number of amides is 2. The molecule has 1 aliphatic heterocycles. The Hall–Kier alpha value is -1.68. The first-order valence-corrected chi connectivity index (χ1v) is 6.37. The number of hydrogen-bond acceptors (Lipinski definition) is 3. The lowest BCUT2D eigenvalue weighted by Gasteiger charge is -2.25. The van der Waals surface area contributed by atoms with Crippen LogP contribution < -0.4 is 10.6 Å². The lowest BCUT2D eigenvalue weighted by Crippen LogP contribution is -2.40. The molecule has 96 valence electrons. The summed E-state index contributed by atoms with van der Waals surface area (Å²) in [6.07, 6.45) is 3.37. The van der Waals surface area contributed by atoms with E-state index in [1.165, 1.54) is 4.90 Å². The van der Waals surface area contributed by atoms with Gasteiger partial charge in [-0.15, -0.1) is 0 Å². The number of carbonyl (C=O) groups excluding carboxylic acids is 2. The fourth-order valence-corrected chi connectivity index (χ4v) is 2.20. The molecular formula is C14H18N2O2. The van der Waals surface area contributed by atoms with Crippen LogP contribution in [0.5, 0.6) is 0 Å². The Bertz CT molecular complexity index is 441. The molecule has 1 fully saturated rings. The fourth-order valence-electron chi connectivity index (χ4n) is 2.20. The van der Waals surface area contributed by atoms with Crippen LogP contribution in [0.25, 0.3) is 0 Å². The maximum Gasteiger partial charge on any atom is 0.233 e. The van der Waals surface area contributed by atoms with Crippen LogP contribution in [0.4, 0.5) is 5.69 Å². The molecule has 0 unspecified atom stereocenters. The predicted octanol–water partition coefficient (Wildman–Crippen LogP) is 1.62. The van der Waals surface area contributed by atoms with Crippen molar-refractivity contribution in [3.8, 4) is 0 Å². The molecule has 1 aliphatic rings. The van der Waals surface area contributed by atoms with Gasteiger partial charge in [-0.25, -0.2) is 0 Å². The van der Waals surface area contributed by atoms with E-state index in [4.69, 9.17) is 5.73 Å². The van der Waals surface area contributed by atoms with Crippen LogP contribution in [-0.4, -0.2) is 18.4 Å². The summed E-state index contributed by atoms with van der Waals surface area (Å²) in [5, 5.41) is 0. The van der Waals surface area contributed by atoms with Crippen molar-refractivity contribution < 1.29 is 9.59 Å². The van der Waals surface area contributed by atoms with E-state index in [0.717, 1.165) is 18.4 Å². The average Bonchev–Trinajstić information content (AvgIpc) is 2.37. The van der Waals surface area contributed by atoms with Crippen molar-refractivity contribution in [2.24, 2.45) is 5.73 Å². The van der Waals surface area contributed by atoms with Crippen LogP contribution in [0.15, 0.2) is 24.3 Å². The number of benzene rings is 1. The van der Waals surface area contributed by atoms with Gasteiger partial charge >= 0.3 is 0 Å². The molecule has 0 atom stereocenters. The minimum absolute atomic E-state index is 0.0952. The van der Waals surface area contributed by atoms with Crippen molar-refractivity contribution in [3.63, 3.8) is 0 Å². The highest BCUT2D eigenvalue weighted by atomic mass is 16.2. The van der Waals surface area contributed by atoms with Crippen molar-refractivity contribution in [1.29, 1.82) is 0 Å². The average molecular weight is 246 g/mol. The zero-order valence-corrected chi connectivity index (χ0v) is 10.4. The number of aryl methyl sites for hydroxylation is 1. The van der Waals surface area contributed by atoms with Gasteiger partial charge in [0, 0.05) is 12.8 Å². The lowest BCUT2D eigenvalue weighted by molar-refractivity contribution is -0.129. The Morgan fingerprint density at radius 1 is 1.17 bits per heavy atom. The van der Waals surface area contributed by atoms with Crippen LogP contribution in [0.3, 0.4) is 0 Å². The molecule has 0 saturated carbocycles. The van der Waals surface area contributed by atoms with E-state index in [1.54, 1.807) is 0 Å². The Balaban J connectivity index is 2.21. The van der Waals surface area contributed by atoms with Crippen molar-refractivity contribution in [1.82, 2.24) is 0 Å². The summed E-state index contributed by atoms with van der Waals surface area (Å²) in [6.45, 7) is 0.645. The van der Waals surface area contributed by atoms with Gasteiger partial charge in [0.25, 0.3) is 0 Å². The molecule has 0 spiro atoms. The number of carbonyl (C=O) groups is 2. The molecule has 4 heteroatoms. The largest absolute Gasteiger partial charge is 0.330 e. The highest BCUT2D eigenvalue weighted by Crippen LogP contribution is 2.23. The number of rotatable bonds is 4. The Morgan fingerprint density at radius 2 is 1.89 bits per heavy atom. The number of anilines is 1. The maximum absolute atomic E-state index is 11.8. The summed E-state index contributed by atoms with van der Waals surface area (Å²) in [4.78, 5) is 24.9. The van der Waals surface area contributed by atoms with Crippen LogP contribution >= 0.6 is 0 Å². The van der Waals surface area contributed by atoms with E-state index < -0.39 is 0 Å². The number of hydrogen-bond donors (Lipinski definition) is 1. The van der Waals surface area contributed by atoms with Crippen molar-refractivity contribution in [3.05, 3.63) is 29.8 Å². The number of nitrogens with two attached hydrogens (primary N) is 1. The third kappa shape index (κ3) is 2.76. The summed E-state index contributed by atoms with van der Waals surface area (Å²) in [7, 11) is 0. The van der Waals surface area contributed by atoms with Gasteiger partial charge in [0.15, 0.2) is 0 Å². The summed E-state index contributed by atoms with van der Waals surface area (Å²) >= 11 is 0. The SMILES string of the molecule is NCCCc1cccc(N2C(=O)CCCC2=O)c1. The molecule has 2 rings (SSSR count). The summed E-state index contributed by atoms with van der Waals surface area (Å²) in [5.41, 5.74) is 7.29. The maximum atomic E-state index is 11.8. The first kappa shape index (κ1) is 12.8. The first-order chi connectivity index (χ1) is 8.72. The predicted molar refractivity (Wildman–Crippen MR) is 70.2 cm³/mol. The number of imide groups is 1. The van der Waals surface area contributed by atoms with Crippen LogP contribution in [-0.2, 0) is 16.0 Å². The van der Waals surface area contributed by atoms with Crippen LogP contribution in [0.1, 0.15) is 31.2 Å². The Kier molecular flexibility index (Phi) is 4.10. The van der Waals surface area contributed by atoms with E-state index in [-0.39, 0.29) is 11.8 Å². The minimum Gasteiger partial charge on any atom is -0.330 e. The minimum atomic E-state index is -0.0952. The first-order valence-electron chi connectivity index (χ1n) is 6.37. The molecule has 1 aromatic rings. The molecule has 0 bridgehead atoms. The van der Waals surface area contributed by atoms with Crippen LogP contribution in [0, 0.1) is 0 Å². The van der Waals surface area contributed by atoms with Gasteiger partial charge in [-0.05, 0) is 43.5 Å². The summed E-state index contributed by atoms with van der Waals surface area (Å²) in [6, 6.07) is 7.61. The summed E-state index contributed by atoms with van der Waals surface area (Å²) in [5.74, 6) is -0.190. The second kappa shape index (κ2) is 5.78. The zero-order chi connectivity index (χ0) is 13.0. The molecule has 2 N–H and O–H groups in total. The molecule has 2 amide bonds. The Labute approximate surface area is 107 Å². The van der Waals surface area contributed by atoms with E-state index >= 15 is 0 Å². The quantitative estimate of drug-likeness (QED) is 0.821. The Morgan fingerprint density at radius 3 is 2.56 bits per heavy atom. The van der Waals surface area contributed by atoms with Gasteiger partial charge in [-0.2, -0.15) is 0 Å². The van der Waals surface area contributed by atoms with Gasteiger partial charge in [0.1, 0.15) is 0 Å². The highest BCUT2D eigenvalue weighted by Gasteiger charge is 2.27. The summed E-state index contributed by atoms with van der Waals surface area (Å²) < 4.78 is 0. The molecular weight excluding hydrogens is 228 g/mol. The standard InChI is InChI=1S/C14H18N2O2/c15-9-3-5-11-4-1-6-12(10-11)16-13(17)7-2-8-14(16)18/h1,4,6,10H,2-3,5,7-9,15H2. The molecule has 0 aromatic heterocycles. The van der Waals surface area contributed by atoms with E-state index in [2.05, 4.69) is 0 Å². The van der Waals surface area contributed by atoms with Gasteiger partial charge < -0.3 is 5.73 Å². The lowest BCUT2D eigenvalue weighted by atomic mass is 10.1. The molecule has 4 nitrogen and oxygen atoms in total. The van der Waals surface area contributed by atoms with E-state index in [1.807, 2.05) is 24.3 Å². The van der Waals surface area contributed by atoms with Gasteiger partial charge in [-0.3, -0.25) is 14.5 Å².